The van der Waals surface area contributed by atoms with Crippen LogP contribution in [0.15, 0.2) is 24.3 Å². The third-order valence-corrected chi connectivity index (χ3v) is 4.10. The molecule has 0 saturated heterocycles. The van der Waals surface area contributed by atoms with Crippen molar-refractivity contribution >= 4 is 20.1 Å². The highest BCUT2D eigenvalue weighted by molar-refractivity contribution is 7.88. The molecule has 106 valence electrons. The number of hydrogen-bond donors (Lipinski definition) is 1. The van der Waals surface area contributed by atoms with E-state index in [0.717, 1.165) is 23.6 Å². The molecule has 1 aliphatic carbocycles. The highest BCUT2D eigenvalue weighted by atomic mass is 32.2. The van der Waals surface area contributed by atoms with E-state index in [4.69, 9.17) is 4.18 Å². The van der Waals surface area contributed by atoms with Crippen molar-refractivity contribution in [1.29, 1.82) is 0 Å². The van der Waals surface area contributed by atoms with E-state index >= 15 is 0 Å². The summed E-state index contributed by atoms with van der Waals surface area (Å²) in [4.78, 5) is 0. The maximum Gasteiger partial charge on any atom is 0.264 e. The molecule has 0 aliphatic heterocycles. The predicted molar refractivity (Wildman–Crippen MR) is 70.6 cm³/mol. The first kappa shape index (κ1) is 14.4. The smallest absolute Gasteiger partial charge is 0.264 e. The molecule has 0 bridgehead atoms. The van der Waals surface area contributed by atoms with Gasteiger partial charge in [-0.3, -0.25) is 4.18 Å². The van der Waals surface area contributed by atoms with E-state index in [-0.39, 0.29) is 0 Å². The molecule has 0 spiro atoms. The van der Waals surface area contributed by atoms with Gasteiger partial charge in [0.15, 0.2) is 0 Å². The van der Waals surface area contributed by atoms with Crippen molar-refractivity contribution in [2.75, 3.05) is 12.5 Å². The normalized spacial score (nSPS) is 23.3. The molecule has 2 atom stereocenters. The van der Waals surface area contributed by atoms with E-state index in [2.05, 4.69) is 4.72 Å². The Bertz CT molecular complexity index is 681. The first-order valence-corrected chi connectivity index (χ1v) is 9.30. The molecule has 2 unspecified atom stereocenters. The Kier molecular flexibility index (Phi) is 3.69. The van der Waals surface area contributed by atoms with E-state index in [1.54, 1.807) is 12.1 Å². The Labute approximate surface area is 113 Å². The highest BCUT2D eigenvalue weighted by Gasteiger charge is 2.36. The van der Waals surface area contributed by atoms with Gasteiger partial charge in [-0.1, -0.05) is 24.3 Å². The molecular weight excluding hydrogens is 290 g/mol. The fraction of sp³-hybridized carbons (Fsp3) is 0.455. The summed E-state index contributed by atoms with van der Waals surface area (Å²) >= 11 is 0. The van der Waals surface area contributed by atoms with Crippen LogP contribution in [0.1, 0.15) is 17.2 Å². The van der Waals surface area contributed by atoms with Crippen LogP contribution in [0.25, 0.3) is 0 Å². The average Bonchev–Trinajstić information content (AvgIpc) is 2.52. The molecule has 0 heterocycles. The van der Waals surface area contributed by atoms with Crippen LogP contribution in [-0.4, -0.2) is 35.5 Å². The van der Waals surface area contributed by atoms with Gasteiger partial charge in [0.05, 0.1) is 18.6 Å². The minimum absolute atomic E-state index is 0.358. The lowest BCUT2D eigenvalue weighted by molar-refractivity contribution is 0.187. The predicted octanol–water partition coefficient (Wildman–Crippen LogP) is 0.178. The number of fused-ring (bicyclic) bond motifs is 1. The molecule has 1 N–H and O–H groups in total. The van der Waals surface area contributed by atoms with Gasteiger partial charge in [-0.05, 0) is 11.1 Å². The Morgan fingerprint density at radius 2 is 1.79 bits per heavy atom. The molecule has 8 heteroatoms. The zero-order chi connectivity index (χ0) is 14.3. The Morgan fingerprint density at radius 3 is 2.37 bits per heavy atom. The molecule has 0 aromatic heterocycles. The lowest BCUT2D eigenvalue weighted by Crippen LogP contribution is -2.35. The van der Waals surface area contributed by atoms with Gasteiger partial charge in [0.25, 0.3) is 10.1 Å². The minimum atomic E-state index is -3.65. The molecule has 0 amide bonds. The minimum Gasteiger partial charge on any atom is -0.265 e. The van der Waals surface area contributed by atoms with Gasteiger partial charge in [0.2, 0.25) is 10.0 Å². The van der Waals surface area contributed by atoms with Crippen LogP contribution >= 0.6 is 0 Å². The second-order valence-electron chi connectivity index (χ2n) is 4.61. The molecule has 0 radical (unpaired) electrons. The molecule has 1 aliphatic rings. The van der Waals surface area contributed by atoms with Crippen molar-refractivity contribution in [3.8, 4) is 0 Å². The molecule has 0 saturated carbocycles. The first-order chi connectivity index (χ1) is 8.66. The lowest BCUT2D eigenvalue weighted by Gasteiger charge is -2.20. The maximum absolute atomic E-state index is 11.4. The van der Waals surface area contributed by atoms with E-state index in [1.165, 1.54) is 0 Å². The van der Waals surface area contributed by atoms with Crippen molar-refractivity contribution in [3.05, 3.63) is 35.4 Å². The first-order valence-electron chi connectivity index (χ1n) is 5.59. The molecule has 1 aromatic rings. The summed E-state index contributed by atoms with van der Waals surface area (Å²) in [5.41, 5.74) is 1.64. The van der Waals surface area contributed by atoms with Crippen LogP contribution in [0, 0.1) is 0 Å². The van der Waals surface area contributed by atoms with Gasteiger partial charge in [0.1, 0.15) is 6.10 Å². The number of nitrogens with one attached hydrogen (secondary N) is 1. The van der Waals surface area contributed by atoms with Crippen LogP contribution < -0.4 is 4.72 Å². The fourth-order valence-corrected chi connectivity index (χ4v) is 3.61. The Hall–Kier alpha value is -0.960. The van der Waals surface area contributed by atoms with Gasteiger partial charge in [-0.15, -0.1) is 0 Å². The van der Waals surface area contributed by atoms with Crippen molar-refractivity contribution in [2.24, 2.45) is 0 Å². The van der Waals surface area contributed by atoms with Crippen molar-refractivity contribution in [2.45, 2.75) is 18.6 Å². The summed E-state index contributed by atoms with van der Waals surface area (Å²) in [5.74, 6) is 0. The number of sulfonamides is 1. The van der Waals surface area contributed by atoms with Gasteiger partial charge in [0, 0.05) is 6.42 Å². The third kappa shape index (κ3) is 3.75. The molecule has 2 rings (SSSR count). The van der Waals surface area contributed by atoms with Crippen LogP contribution in [0.4, 0.5) is 0 Å². The van der Waals surface area contributed by atoms with E-state index in [1.807, 2.05) is 12.1 Å². The standard InChI is InChI=1S/C11H15NO5S2/c1-18(13,14)12-11-9-6-4-3-5-8(9)7-10(11)17-19(2,15)16/h3-6,10-12H,7H2,1-2H3. The van der Waals surface area contributed by atoms with E-state index < -0.39 is 32.3 Å². The summed E-state index contributed by atoms with van der Waals surface area (Å²) in [6.45, 7) is 0. The SMILES string of the molecule is CS(=O)(=O)NC1c2ccccc2CC1OS(C)(=O)=O. The Morgan fingerprint density at radius 1 is 1.16 bits per heavy atom. The fourth-order valence-electron chi connectivity index (χ4n) is 2.24. The van der Waals surface area contributed by atoms with Crippen LogP contribution in [0.3, 0.4) is 0 Å². The quantitative estimate of drug-likeness (QED) is 0.801. The summed E-state index contributed by atoms with van der Waals surface area (Å²) < 4.78 is 52.7. The third-order valence-electron chi connectivity index (χ3n) is 2.82. The Balaban J connectivity index is 2.36. The number of hydrogen-bond acceptors (Lipinski definition) is 5. The van der Waals surface area contributed by atoms with Gasteiger partial charge < -0.3 is 0 Å². The second-order valence-corrected chi connectivity index (χ2v) is 7.99. The van der Waals surface area contributed by atoms with Gasteiger partial charge >= 0.3 is 0 Å². The topological polar surface area (TPSA) is 89.5 Å². The van der Waals surface area contributed by atoms with Crippen molar-refractivity contribution in [3.63, 3.8) is 0 Å². The van der Waals surface area contributed by atoms with Crippen molar-refractivity contribution < 1.29 is 21.0 Å². The molecule has 1 aromatic carbocycles. The summed E-state index contributed by atoms with van der Waals surface area (Å²) in [7, 11) is -7.11. The van der Waals surface area contributed by atoms with Gasteiger partial charge in [-0.2, -0.15) is 8.42 Å². The summed E-state index contributed by atoms with van der Waals surface area (Å²) in [6, 6.07) is 6.51. The van der Waals surface area contributed by atoms with E-state index in [9.17, 15) is 16.8 Å². The van der Waals surface area contributed by atoms with Crippen LogP contribution in [-0.2, 0) is 30.7 Å². The van der Waals surface area contributed by atoms with E-state index in [0.29, 0.717) is 6.42 Å². The molecule has 19 heavy (non-hydrogen) atoms. The molecular formula is C11H15NO5S2. The zero-order valence-corrected chi connectivity index (χ0v) is 12.2. The van der Waals surface area contributed by atoms with Gasteiger partial charge in [-0.25, -0.2) is 13.1 Å². The summed E-state index contributed by atoms with van der Waals surface area (Å²) in [6.07, 6.45) is 1.59. The van der Waals surface area contributed by atoms with Crippen molar-refractivity contribution in [1.82, 2.24) is 4.72 Å². The molecule has 0 fully saturated rings. The monoisotopic (exact) mass is 305 g/mol. The number of rotatable bonds is 4. The molecule has 6 nitrogen and oxygen atoms in total. The van der Waals surface area contributed by atoms with Crippen LogP contribution in [0.2, 0.25) is 0 Å². The summed E-state index contributed by atoms with van der Waals surface area (Å²) in [5, 5.41) is 0. The van der Waals surface area contributed by atoms with Crippen LogP contribution in [0.5, 0.6) is 0 Å². The highest BCUT2D eigenvalue weighted by Crippen LogP contribution is 2.34. The lowest BCUT2D eigenvalue weighted by atomic mass is 10.1. The second kappa shape index (κ2) is 4.86. The average molecular weight is 305 g/mol. The largest absolute Gasteiger partial charge is 0.265 e. The maximum atomic E-state index is 11.4. The zero-order valence-electron chi connectivity index (χ0n) is 10.5. The number of benzene rings is 1.